The number of nitrogens with zero attached hydrogens (tertiary/aromatic N) is 1. The molecule has 0 spiro atoms. The number of methoxy groups -OCH3 is 2. The SMILES string of the molecule is COc1ccc(OC)c(C=NNC(=O)C(C)Oc2cc(C(C)C)ccc2C)c1. The Morgan fingerprint density at radius 2 is 1.79 bits per heavy atom. The predicted molar refractivity (Wildman–Crippen MR) is 111 cm³/mol. The lowest BCUT2D eigenvalue weighted by molar-refractivity contribution is -0.127. The smallest absolute Gasteiger partial charge is 0.280 e. The minimum absolute atomic E-state index is 0.340. The van der Waals surface area contributed by atoms with Crippen LogP contribution in [0.4, 0.5) is 0 Å². The van der Waals surface area contributed by atoms with Crippen molar-refractivity contribution in [2.24, 2.45) is 5.10 Å². The summed E-state index contributed by atoms with van der Waals surface area (Å²) < 4.78 is 16.3. The third-order valence-electron chi connectivity index (χ3n) is 4.37. The zero-order valence-corrected chi connectivity index (χ0v) is 17.3. The lowest BCUT2D eigenvalue weighted by Gasteiger charge is -2.17. The number of carbonyl (C=O) groups excluding carboxylic acids is 1. The summed E-state index contributed by atoms with van der Waals surface area (Å²) in [5.41, 5.74) is 5.34. The molecule has 0 aromatic heterocycles. The van der Waals surface area contributed by atoms with Gasteiger partial charge < -0.3 is 14.2 Å². The van der Waals surface area contributed by atoms with Gasteiger partial charge in [0, 0.05) is 5.56 Å². The summed E-state index contributed by atoms with van der Waals surface area (Å²) in [6, 6.07) is 11.4. The fourth-order valence-corrected chi connectivity index (χ4v) is 2.54. The van der Waals surface area contributed by atoms with E-state index < -0.39 is 6.10 Å². The second-order valence-electron chi connectivity index (χ2n) is 6.78. The molecular formula is C22H28N2O4. The van der Waals surface area contributed by atoms with Crippen LogP contribution >= 0.6 is 0 Å². The molecule has 2 rings (SSSR count). The topological polar surface area (TPSA) is 69.2 Å². The molecule has 150 valence electrons. The quantitative estimate of drug-likeness (QED) is 0.551. The molecule has 1 unspecified atom stereocenters. The Balaban J connectivity index is 2.03. The number of ether oxygens (including phenoxy) is 3. The first-order valence-electron chi connectivity index (χ1n) is 9.17. The van der Waals surface area contributed by atoms with Crippen LogP contribution in [0.1, 0.15) is 43.4 Å². The normalized spacial score (nSPS) is 12.1. The van der Waals surface area contributed by atoms with Crippen molar-refractivity contribution in [2.75, 3.05) is 14.2 Å². The Kier molecular flexibility index (Phi) is 7.44. The van der Waals surface area contributed by atoms with Crippen molar-refractivity contribution in [3.8, 4) is 17.2 Å². The number of hydrogen-bond donors (Lipinski definition) is 1. The minimum atomic E-state index is -0.689. The third-order valence-corrected chi connectivity index (χ3v) is 4.37. The van der Waals surface area contributed by atoms with Crippen molar-refractivity contribution in [3.05, 3.63) is 53.1 Å². The molecule has 2 aromatic carbocycles. The number of rotatable bonds is 8. The Bertz CT molecular complexity index is 846. The Morgan fingerprint density at radius 3 is 2.43 bits per heavy atom. The first kappa shape index (κ1) is 21.3. The molecule has 1 N–H and O–H groups in total. The number of nitrogens with one attached hydrogen (secondary N) is 1. The van der Waals surface area contributed by atoms with Crippen molar-refractivity contribution in [1.29, 1.82) is 0 Å². The van der Waals surface area contributed by atoms with Gasteiger partial charge in [-0.1, -0.05) is 26.0 Å². The fourth-order valence-electron chi connectivity index (χ4n) is 2.54. The van der Waals surface area contributed by atoms with E-state index in [-0.39, 0.29) is 5.91 Å². The second-order valence-corrected chi connectivity index (χ2v) is 6.78. The van der Waals surface area contributed by atoms with Gasteiger partial charge in [-0.3, -0.25) is 4.79 Å². The average molecular weight is 384 g/mol. The molecule has 0 aliphatic heterocycles. The maximum Gasteiger partial charge on any atom is 0.280 e. The molecule has 2 aromatic rings. The van der Waals surface area contributed by atoms with E-state index in [1.807, 2.05) is 19.1 Å². The molecule has 0 aliphatic rings. The number of aryl methyl sites for hydroxylation is 1. The van der Waals surface area contributed by atoms with E-state index in [0.29, 0.717) is 28.7 Å². The Morgan fingerprint density at radius 1 is 1.04 bits per heavy atom. The molecule has 0 radical (unpaired) electrons. The molecule has 1 atom stereocenters. The van der Waals surface area contributed by atoms with Gasteiger partial charge in [0.25, 0.3) is 5.91 Å². The molecule has 0 saturated heterocycles. The van der Waals surface area contributed by atoms with Crippen LogP contribution in [0.3, 0.4) is 0 Å². The van der Waals surface area contributed by atoms with Gasteiger partial charge in [0.1, 0.15) is 17.2 Å². The van der Waals surface area contributed by atoms with E-state index in [4.69, 9.17) is 14.2 Å². The van der Waals surface area contributed by atoms with Gasteiger partial charge in [-0.15, -0.1) is 0 Å². The van der Waals surface area contributed by atoms with Crippen molar-refractivity contribution in [2.45, 2.75) is 39.7 Å². The van der Waals surface area contributed by atoms with Crippen molar-refractivity contribution < 1.29 is 19.0 Å². The summed E-state index contributed by atoms with van der Waals surface area (Å²) >= 11 is 0. The van der Waals surface area contributed by atoms with Crippen LogP contribution in [0, 0.1) is 6.92 Å². The highest BCUT2D eigenvalue weighted by Gasteiger charge is 2.16. The van der Waals surface area contributed by atoms with Crippen molar-refractivity contribution in [1.82, 2.24) is 5.43 Å². The first-order chi connectivity index (χ1) is 13.3. The van der Waals surface area contributed by atoms with E-state index in [9.17, 15) is 4.79 Å². The highest BCUT2D eigenvalue weighted by molar-refractivity contribution is 5.86. The lowest BCUT2D eigenvalue weighted by atomic mass is 10.0. The van der Waals surface area contributed by atoms with Crippen LogP contribution in [0.25, 0.3) is 0 Å². The summed E-state index contributed by atoms with van der Waals surface area (Å²) in [5.74, 6) is 2.05. The van der Waals surface area contributed by atoms with Crippen LogP contribution in [-0.2, 0) is 4.79 Å². The summed E-state index contributed by atoms with van der Waals surface area (Å²) in [4.78, 5) is 12.3. The molecule has 0 saturated carbocycles. The van der Waals surface area contributed by atoms with Gasteiger partial charge >= 0.3 is 0 Å². The number of hydrogen-bond acceptors (Lipinski definition) is 5. The average Bonchev–Trinajstić information content (AvgIpc) is 2.69. The second kappa shape index (κ2) is 9.78. The van der Waals surface area contributed by atoms with E-state index in [2.05, 4.69) is 30.4 Å². The monoisotopic (exact) mass is 384 g/mol. The number of benzene rings is 2. The highest BCUT2D eigenvalue weighted by Crippen LogP contribution is 2.25. The molecule has 0 heterocycles. The molecule has 0 aliphatic carbocycles. The molecule has 1 amide bonds. The highest BCUT2D eigenvalue weighted by atomic mass is 16.5. The third kappa shape index (κ3) is 5.49. The van der Waals surface area contributed by atoms with Crippen LogP contribution in [-0.4, -0.2) is 32.4 Å². The van der Waals surface area contributed by atoms with Gasteiger partial charge in [0.15, 0.2) is 6.10 Å². The van der Waals surface area contributed by atoms with Gasteiger partial charge in [-0.2, -0.15) is 5.10 Å². The predicted octanol–water partition coefficient (Wildman–Crippen LogP) is 4.05. The van der Waals surface area contributed by atoms with Crippen LogP contribution < -0.4 is 19.6 Å². The first-order valence-corrected chi connectivity index (χ1v) is 9.17. The molecule has 6 nitrogen and oxygen atoms in total. The Labute approximate surface area is 166 Å². The molecule has 28 heavy (non-hydrogen) atoms. The standard InChI is InChI=1S/C22H28N2O4/c1-14(2)17-8-7-15(3)21(12-17)28-16(4)22(25)24-23-13-18-11-19(26-5)9-10-20(18)27-6/h7-14,16H,1-6H3,(H,24,25). The zero-order chi connectivity index (χ0) is 20.7. The van der Waals surface area contributed by atoms with Crippen molar-refractivity contribution in [3.63, 3.8) is 0 Å². The van der Waals surface area contributed by atoms with E-state index in [1.54, 1.807) is 39.3 Å². The zero-order valence-electron chi connectivity index (χ0n) is 17.3. The molecule has 0 fully saturated rings. The minimum Gasteiger partial charge on any atom is -0.497 e. The summed E-state index contributed by atoms with van der Waals surface area (Å²) in [7, 11) is 3.15. The number of hydrazone groups is 1. The molecular weight excluding hydrogens is 356 g/mol. The number of carbonyl (C=O) groups is 1. The summed E-state index contributed by atoms with van der Waals surface area (Å²) in [5, 5.41) is 4.02. The molecule has 6 heteroatoms. The van der Waals surface area contributed by atoms with Crippen molar-refractivity contribution >= 4 is 12.1 Å². The van der Waals surface area contributed by atoms with Gasteiger partial charge in [-0.25, -0.2) is 5.43 Å². The van der Waals surface area contributed by atoms with E-state index >= 15 is 0 Å². The van der Waals surface area contributed by atoms with Crippen LogP contribution in [0.5, 0.6) is 17.2 Å². The summed E-state index contributed by atoms with van der Waals surface area (Å²) in [6.45, 7) is 7.88. The number of amides is 1. The van der Waals surface area contributed by atoms with Crippen LogP contribution in [0.15, 0.2) is 41.5 Å². The van der Waals surface area contributed by atoms with Gasteiger partial charge in [0.2, 0.25) is 0 Å². The van der Waals surface area contributed by atoms with Gasteiger partial charge in [-0.05, 0) is 55.2 Å². The fraction of sp³-hybridized carbons (Fsp3) is 0.364. The van der Waals surface area contributed by atoms with E-state index in [0.717, 1.165) is 11.1 Å². The summed E-state index contributed by atoms with van der Waals surface area (Å²) in [6.07, 6.45) is 0.821. The van der Waals surface area contributed by atoms with E-state index in [1.165, 1.54) is 6.21 Å². The maximum atomic E-state index is 12.3. The maximum absolute atomic E-state index is 12.3. The van der Waals surface area contributed by atoms with Gasteiger partial charge in [0.05, 0.1) is 20.4 Å². The largest absolute Gasteiger partial charge is 0.497 e. The lowest BCUT2D eigenvalue weighted by Crippen LogP contribution is -2.33. The van der Waals surface area contributed by atoms with Crippen LogP contribution in [0.2, 0.25) is 0 Å². The Hall–Kier alpha value is -3.02. The molecule has 0 bridgehead atoms.